The molecule has 0 radical (unpaired) electrons. The highest BCUT2D eigenvalue weighted by atomic mass is 32.2. The van der Waals surface area contributed by atoms with E-state index in [1.165, 1.54) is 30.3 Å². The van der Waals surface area contributed by atoms with Crippen LogP contribution in [0.25, 0.3) is 0 Å². The Morgan fingerprint density at radius 2 is 2.00 bits per heavy atom. The molecule has 0 saturated carbocycles. The second-order valence-electron chi connectivity index (χ2n) is 3.39. The van der Waals surface area contributed by atoms with Gasteiger partial charge in [0.25, 0.3) is 10.0 Å². The van der Waals surface area contributed by atoms with Gasteiger partial charge < -0.3 is 10.5 Å². The molecule has 16 heavy (non-hydrogen) atoms. The lowest BCUT2D eigenvalue weighted by atomic mass is 10.3. The first kappa shape index (κ1) is 12.8. The molecule has 0 atom stereocenters. The van der Waals surface area contributed by atoms with Gasteiger partial charge in [-0.15, -0.1) is 4.83 Å². The van der Waals surface area contributed by atoms with Crippen LogP contribution in [-0.4, -0.2) is 34.6 Å². The lowest BCUT2D eigenvalue weighted by Gasteiger charge is -2.13. The largest absolute Gasteiger partial charge is 0.495 e. The summed E-state index contributed by atoms with van der Waals surface area (Å²) in [6, 6.07) is 4.30. The fourth-order valence-corrected chi connectivity index (χ4v) is 2.29. The molecule has 6 nitrogen and oxygen atoms in total. The second-order valence-corrected chi connectivity index (χ2v) is 5.05. The standard InChI is InChI=1S/C9H15N3O3S/c1-12(2)11-16(13,14)7-4-5-9(15-3)8(10)6-7/h4-6,11H,10H2,1-3H3. The molecule has 90 valence electrons. The van der Waals surface area contributed by atoms with Gasteiger partial charge in [-0.25, -0.2) is 13.4 Å². The third-order valence-corrected chi connectivity index (χ3v) is 3.29. The van der Waals surface area contributed by atoms with Crippen LogP contribution in [0.15, 0.2) is 23.1 Å². The number of hydrogen-bond acceptors (Lipinski definition) is 5. The van der Waals surface area contributed by atoms with E-state index in [0.29, 0.717) is 5.75 Å². The topological polar surface area (TPSA) is 84.7 Å². The number of rotatable bonds is 4. The van der Waals surface area contributed by atoms with Gasteiger partial charge in [0.15, 0.2) is 0 Å². The fraction of sp³-hybridized carbons (Fsp3) is 0.333. The number of hydrazine groups is 1. The lowest BCUT2D eigenvalue weighted by Crippen LogP contribution is -2.36. The van der Waals surface area contributed by atoms with Crippen molar-refractivity contribution in [2.75, 3.05) is 26.9 Å². The number of benzene rings is 1. The van der Waals surface area contributed by atoms with E-state index in [-0.39, 0.29) is 10.6 Å². The van der Waals surface area contributed by atoms with Crippen molar-refractivity contribution in [3.63, 3.8) is 0 Å². The van der Waals surface area contributed by atoms with E-state index in [2.05, 4.69) is 4.83 Å². The molecule has 0 aliphatic heterocycles. The summed E-state index contributed by atoms with van der Waals surface area (Å²) in [7, 11) is 1.08. The molecule has 0 heterocycles. The van der Waals surface area contributed by atoms with Gasteiger partial charge in [-0.2, -0.15) is 0 Å². The fourth-order valence-electron chi connectivity index (χ4n) is 1.17. The number of nitrogen functional groups attached to an aromatic ring is 1. The molecule has 0 aromatic heterocycles. The average molecular weight is 245 g/mol. The van der Waals surface area contributed by atoms with Gasteiger partial charge in [-0.3, -0.25) is 0 Å². The summed E-state index contributed by atoms with van der Waals surface area (Å²) >= 11 is 0. The number of methoxy groups -OCH3 is 1. The zero-order valence-electron chi connectivity index (χ0n) is 9.39. The van der Waals surface area contributed by atoms with Gasteiger partial charge in [-0.1, -0.05) is 0 Å². The van der Waals surface area contributed by atoms with Gasteiger partial charge >= 0.3 is 0 Å². The van der Waals surface area contributed by atoms with Crippen LogP contribution in [0.2, 0.25) is 0 Å². The number of nitrogens with two attached hydrogens (primary N) is 1. The third-order valence-electron chi connectivity index (χ3n) is 1.81. The van der Waals surface area contributed by atoms with Gasteiger partial charge in [0.2, 0.25) is 0 Å². The zero-order chi connectivity index (χ0) is 12.3. The summed E-state index contributed by atoms with van der Waals surface area (Å²) in [6.45, 7) is 0. The van der Waals surface area contributed by atoms with Crippen LogP contribution in [-0.2, 0) is 10.0 Å². The molecule has 1 aromatic rings. The van der Waals surface area contributed by atoms with Crippen LogP contribution >= 0.6 is 0 Å². The van der Waals surface area contributed by atoms with Crippen molar-refractivity contribution in [1.29, 1.82) is 0 Å². The van der Waals surface area contributed by atoms with Gasteiger partial charge in [0.05, 0.1) is 17.7 Å². The van der Waals surface area contributed by atoms with Gasteiger partial charge in [0.1, 0.15) is 5.75 Å². The molecule has 0 bridgehead atoms. The van der Waals surface area contributed by atoms with Crippen LogP contribution in [0.1, 0.15) is 0 Å². The molecule has 1 aromatic carbocycles. The van der Waals surface area contributed by atoms with E-state index in [1.54, 1.807) is 14.1 Å². The molecule has 7 heteroatoms. The number of nitrogens with one attached hydrogen (secondary N) is 1. The number of hydrogen-bond donors (Lipinski definition) is 2. The zero-order valence-corrected chi connectivity index (χ0v) is 10.2. The number of sulfonamides is 1. The van der Waals surface area contributed by atoms with Crippen LogP contribution in [0.3, 0.4) is 0 Å². The molecular formula is C9H15N3O3S. The summed E-state index contributed by atoms with van der Waals surface area (Å²) in [5.41, 5.74) is 5.91. The molecule has 0 saturated heterocycles. The van der Waals surface area contributed by atoms with Gasteiger partial charge in [0, 0.05) is 14.1 Å². The monoisotopic (exact) mass is 245 g/mol. The number of nitrogens with zero attached hydrogens (tertiary/aromatic N) is 1. The van der Waals surface area contributed by atoms with E-state index in [9.17, 15) is 8.42 Å². The van der Waals surface area contributed by atoms with Crippen molar-refractivity contribution in [3.8, 4) is 5.75 Å². The maximum Gasteiger partial charge on any atom is 0.253 e. The minimum Gasteiger partial charge on any atom is -0.495 e. The minimum absolute atomic E-state index is 0.0968. The Labute approximate surface area is 95.0 Å². The Kier molecular flexibility index (Phi) is 3.74. The van der Waals surface area contributed by atoms with Crippen LogP contribution < -0.4 is 15.3 Å². The van der Waals surface area contributed by atoms with Crippen molar-refractivity contribution in [2.45, 2.75) is 4.90 Å². The van der Waals surface area contributed by atoms with Crippen molar-refractivity contribution in [1.82, 2.24) is 9.84 Å². The van der Waals surface area contributed by atoms with E-state index in [0.717, 1.165) is 0 Å². The highest BCUT2D eigenvalue weighted by molar-refractivity contribution is 7.89. The third kappa shape index (κ3) is 2.84. The highest BCUT2D eigenvalue weighted by Crippen LogP contribution is 2.24. The van der Waals surface area contributed by atoms with Crippen LogP contribution in [0.5, 0.6) is 5.75 Å². The molecule has 0 fully saturated rings. The lowest BCUT2D eigenvalue weighted by molar-refractivity contribution is 0.364. The van der Waals surface area contributed by atoms with E-state index >= 15 is 0 Å². The molecule has 0 aliphatic carbocycles. The quantitative estimate of drug-likeness (QED) is 0.577. The normalized spacial score (nSPS) is 11.8. The summed E-state index contributed by atoms with van der Waals surface area (Å²) in [6.07, 6.45) is 0. The van der Waals surface area contributed by atoms with Crippen molar-refractivity contribution < 1.29 is 13.2 Å². The van der Waals surface area contributed by atoms with E-state index in [4.69, 9.17) is 10.5 Å². The van der Waals surface area contributed by atoms with E-state index < -0.39 is 10.0 Å². The Morgan fingerprint density at radius 3 is 2.44 bits per heavy atom. The maximum absolute atomic E-state index is 11.7. The van der Waals surface area contributed by atoms with E-state index in [1.807, 2.05) is 0 Å². The predicted octanol–water partition coefficient (Wildman–Crippen LogP) is 0.0323. The molecule has 3 N–H and O–H groups in total. The highest BCUT2D eigenvalue weighted by Gasteiger charge is 2.16. The smallest absolute Gasteiger partial charge is 0.253 e. The summed E-state index contributed by atoms with van der Waals surface area (Å²) in [5.74, 6) is 0.448. The minimum atomic E-state index is -3.57. The molecule has 1 rings (SSSR count). The number of ether oxygens (including phenoxy) is 1. The van der Waals surface area contributed by atoms with Crippen molar-refractivity contribution >= 4 is 15.7 Å². The average Bonchev–Trinajstić information content (AvgIpc) is 2.15. The van der Waals surface area contributed by atoms with Crippen LogP contribution in [0.4, 0.5) is 5.69 Å². The molecule has 0 unspecified atom stereocenters. The van der Waals surface area contributed by atoms with Crippen LogP contribution in [0, 0.1) is 0 Å². The second kappa shape index (κ2) is 4.69. The predicted molar refractivity (Wildman–Crippen MR) is 61.4 cm³/mol. The Morgan fingerprint density at radius 1 is 1.38 bits per heavy atom. The molecule has 0 spiro atoms. The maximum atomic E-state index is 11.7. The molecular weight excluding hydrogens is 230 g/mol. The first-order chi connectivity index (χ1) is 7.36. The van der Waals surface area contributed by atoms with Crippen molar-refractivity contribution in [3.05, 3.63) is 18.2 Å². The number of anilines is 1. The molecule has 0 aliphatic rings. The van der Waals surface area contributed by atoms with Crippen molar-refractivity contribution in [2.24, 2.45) is 0 Å². The Hall–Kier alpha value is -1.31. The molecule has 0 amide bonds. The summed E-state index contributed by atoms with van der Waals surface area (Å²) in [4.78, 5) is 2.41. The summed E-state index contributed by atoms with van der Waals surface area (Å²) < 4.78 is 28.4. The Balaban J connectivity index is 3.10. The SMILES string of the molecule is COc1ccc(S(=O)(=O)NN(C)C)cc1N. The first-order valence-corrected chi connectivity index (χ1v) is 5.98. The first-order valence-electron chi connectivity index (χ1n) is 4.50. The Bertz CT molecular complexity index is 471. The summed E-state index contributed by atoms with van der Waals surface area (Å²) in [5, 5.41) is 1.34. The van der Waals surface area contributed by atoms with Gasteiger partial charge in [-0.05, 0) is 18.2 Å².